The highest BCUT2D eigenvalue weighted by Gasteiger charge is 2.22. The Morgan fingerprint density at radius 1 is 1.38 bits per heavy atom. The first-order chi connectivity index (χ1) is 6.24. The smallest absolute Gasteiger partial charge is 0.0636 e. The van der Waals surface area contributed by atoms with Crippen LogP contribution in [-0.2, 0) is 0 Å². The fourth-order valence-electron chi connectivity index (χ4n) is 2.29. The largest absolute Gasteiger partial charge is 0.392 e. The fourth-order valence-corrected chi connectivity index (χ4v) is 2.29. The van der Waals surface area contributed by atoms with Crippen LogP contribution in [-0.4, -0.2) is 23.8 Å². The lowest BCUT2D eigenvalue weighted by Crippen LogP contribution is -2.41. The van der Waals surface area contributed by atoms with Crippen LogP contribution in [0.2, 0.25) is 0 Å². The third-order valence-electron chi connectivity index (χ3n) is 3.11. The zero-order chi connectivity index (χ0) is 9.68. The molecular weight excluding hydrogens is 162 g/mol. The van der Waals surface area contributed by atoms with Gasteiger partial charge in [-0.05, 0) is 25.7 Å². The van der Waals surface area contributed by atoms with E-state index in [2.05, 4.69) is 12.2 Å². The highest BCUT2D eigenvalue weighted by atomic mass is 16.3. The average Bonchev–Trinajstić information content (AvgIpc) is 2.15. The van der Waals surface area contributed by atoms with E-state index in [0.29, 0.717) is 6.04 Å². The summed E-state index contributed by atoms with van der Waals surface area (Å²) >= 11 is 0. The molecule has 0 saturated heterocycles. The summed E-state index contributed by atoms with van der Waals surface area (Å²) in [5.74, 6) is 0.840. The molecule has 2 unspecified atom stereocenters. The summed E-state index contributed by atoms with van der Waals surface area (Å²) in [5, 5.41) is 12.7. The van der Waals surface area contributed by atoms with Gasteiger partial charge in [0.2, 0.25) is 0 Å². The van der Waals surface area contributed by atoms with Gasteiger partial charge in [-0.15, -0.1) is 0 Å². The van der Waals surface area contributed by atoms with Crippen LogP contribution in [0.25, 0.3) is 0 Å². The van der Waals surface area contributed by atoms with Gasteiger partial charge in [-0.2, -0.15) is 0 Å². The van der Waals surface area contributed by atoms with E-state index in [1.165, 1.54) is 32.1 Å². The second kappa shape index (κ2) is 5.61. The van der Waals surface area contributed by atoms with Gasteiger partial charge in [0.05, 0.1) is 6.10 Å². The van der Waals surface area contributed by atoms with Crippen molar-refractivity contribution in [2.45, 2.75) is 58.1 Å². The minimum Gasteiger partial charge on any atom is -0.392 e. The van der Waals surface area contributed by atoms with Gasteiger partial charge < -0.3 is 10.4 Å². The molecule has 1 aliphatic carbocycles. The second-order valence-electron chi connectivity index (χ2n) is 4.32. The van der Waals surface area contributed by atoms with E-state index in [-0.39, 0.29) is 6.10 Å². The van der Waals surface area contributed by atoms with Crippen LogP contribution in [0.15, 0.2) is 0 Å². The monoisotopic (exact) mass is 185 g/mol. The maximum absolute atomic E-state index is 9.18. The van der Waals surface area contributed by atoms with E-state index < -0.39 is 0 Å². The summed E-state index contributed by atoms with van der Waals surface area (Å²) < 4.78 is 0. The molecule has 0 heterocycles. The molecule has 0 spiro atoms. The van der Waals surface area contributed by atoms with Crippen LogP contribution in [0.3, 0.4) is 0 Å². The van der Waals surface area contributed by atoms with Gasteiger partial charge in [-0.25, -0.2) is 0 Å². The molecule has 0 aliphatic heterocycles. The van der Waals surface area contributed by atoms with E-state index in [0.717, 1.165) is 12.5 Å². The normalized spacial score (nSPS) is 31.6. The molecule has 1 rings (SSSR count). The summed E-state index contributed by atoms with van der Waals surface area (Å²) in [5.41, 5.74) is 0. The van der Waals surface area contributed by atoms with E-state index in [1.54, 1.807) is 0 Å². The quantitative estimate of drug-likeness (QED) is 0.701. The molecule has 13 heavy (non-hydrogen) atoms. The van der Waals surface area contributed by atoms with E-state index in [4.69, 9.17) is 0 Å². The van der Waals surface area contributed by atoms with Crippen LogP contribution < -0.4 is 5.32 Å². The van der Waals surface area contributed by atoms with Crippen molar-refractivity contribution in [2.24, 2.45) is 5.92 Å². The van der Waals surface area contributed by atoms with Gasteiger partial charge in [-0.3, -0.25) is 0 Å². The Kier molecular flexibility index (Phi) is 4.74. The zero-order valence-electron chi connectivity index (χ0n) is 8.92. The summed E-state index contributed by atoms with van der Waals surface area (Å²) in [7, 11) is 0. The van der Waals surface area contributed by atoms with Crippen molar-refractivity contribution >= 4 is 0 Å². The molecule has 1 fully saturated rings. The predicted molar refractivity (Wildman–Crippen MR) is 55.7 cm³/mol. The highest BCUT2D eigenvalue weighted by molar-refractivity contribution is 4.80. The van der Waals surface area contributed by atoms with Gasteiger partial charge in [-0.1, -0.05) is 26.2 Å². The Morgan fingerprint density at radius 3 is 2.69 bits per heavy atom. The number of rotatable bonds is 4. The second-order valence-corrected chi connectivity index (χ2v) is 4.32. The van der Waals surface area contributed by atoms with Crippen molar-refractivity contribution in [1.82, 2.24) is 5.32 Å². The van der Waals surface area contributed by atoms with Gasteiger partial charge >= 0.3 is 0 Å². The van der Waals surface area contributed by atoms with Crippen molar-refractivity contribution < 1.29 is 5.11 Å². The number of nitrogens with one attached hydrogen (secondary N) is 1. The lowest BCUT2D eigenvalue weighted by Gasteiger charge is -2.32. The molecule has 2 heteroatoms. The first-order valence-corrected chi connectivity index (χ1v) is 5.65. The molecule has 78 valence electrons. The fraction of sp³-hybridized carbons (Fsp3) is 1.00. The van der Waals surface area contributed by atoms with Crippen molar-refractivity contribution in [1.29, 1.82) is 0 Å². The lowest BCUT2D eigenvalue weighted by molar-refractivity contribution is 0.167. The van der Waals surface area contributed by atoms with Crippen molar-refractivity contribution in [3.63, 3.8) is 0 Å². The first kappa shape index (κ1) is 11.0. The molecule has 0 amide bonds. The van der Waals surface area contributed by atoms with E-state index in [1.807, 2.05) is 6.92 Å². The van der Waals surface area contributed by atoms with Gasteiger partial charge in [0.1, 0.15) is 0 Å². The maximum atomic E-state index is 9.18. The standard InChI is InChI=1S/C11H23NO/c1-3-10-6-4-5-7-11(10)12-8-9(2)13/h9-13H,3-8H2,1-2H3/t9-,10?,11?/m0/s1. The molecule has 0 aromatic heterocycles. The van der Waals surface area contributed by atoms with Crippen LogP contribution in [0.5, 0.6) is 0 Å². The molecule has 0 aromatic rings. The Labute approximate surface area is 81.7 Å². The Morgan fingerprint density at radius 2 is 2.08 bits per heavy atom. The SMILES string of the molecule is CCC1CCCCC1NC[C@H](C)O. The third kappa shape index (κ3) is 3.65. The molecule has 2 nitrogen and oxygen atoms in total. The molecule has 3 atom stereocenters. The summed E-state index contributed by atoms with van der Waals surface area (Å²) in [6.07, 6.45) is 6.48. The number of aliphatic hydroxyl groups is 1. The van der Waals surface area contributed by atoms with Crippen LogP contribution in [0.1, 0.15) is 46.0 Å². The molecule has 1 saturated carbocycles. The first-order valence-electron chi connectivity index (χ1n) is 5.65. The Bertz CT molecular complexity index is 136. The van der Waals surface area contributed by atoms with Crippen molar-refractivity contribution in [3.05, 3.63) is 0 Å². The molecule has 0 bridgehead atoms. The third-order valence-corrected chi connectivity index (χ3v) is 3.11. The van der Waals surface area contributed by atoms with Crippen LogP contribution in [0.4, 0.5) is 0 Å². The maximum Gasteiger partial charge on any atom is 0.0636 e. The van der Waals surface area contributed by atoms with Gasteiger partial charge in [0, 0.05) is 12.6 Å². The zero-order valence-corrected chi connectivity index (χ0v) is 8.92. The molecule has 0 aromatic carbocycles. The topological polar surface area (TPSA) is 32.3 Å². The highest BCUT2D eigenvalue weighted by Crippen LogP contribution is 2.26. The van der Waals surface area contributed by atoms with Gasteiger partial charge in [0.15, 0.2) is 0 Å². The molecule has 1 aliphatic rings. The molecule has 2 N–H and O–H groups in total. The predicted octanol–water partition coefficient (Wildman–Crippen LogP) is 1.93. The van der Waals surface area contributed by atoms with Crippen LogP contribution in [0, 0.1) is 5.92 Å². The summed E-state index contributed by atoms with van der Waals surface area (Å²) in [6, 6.07) is 0.661. The minimum absolute atomic E-state index is 0.209. The lowest BCUT2D eigenvalue weighted by atomic mass is 9.83. The Hall–Kier alpha value is -0.0800. The van der Waals surface area contributed by atoms with Gasteiger partial charge in [0.25, 0.3) is 0 Å². The number of hydrogen-bond donors (Lipinski definition) is 2. The molecular formula is C11H23NO. The van der Waals surface area contributed by atoms with Crippen LogP contribution >= 0.6 is 0 Å². The minimum atomic E-state index is -0.209. The van der Waals surface area contributed by atoms with Crippen molar-refractivity contribution in [3.8, 4) is 0 Å². The average molecular weight is 185 g/mol. The van der Waals surface area contributed by atoms with Crippen molar-refractivity contribution in [2.75, 3.05) is 6.54 Å². The van der Waals surface area contributed by atoms with E-state index >= 15 is 0 Å². The van der Waals surface area contributed by atoms with E-state index in [9.17, 15) is 5.11 Å². The number of hydrogen-bond acceptors (Lipinski definition) is 2. The summed E-state index contributed by atoms with van der Waals surface area (Å²) in [4.78, 5) is 0. The molecule has 0 radical (unpaired) electrons. The summed E-state index contributed by atoms with van der Waals surface area (Å²) in [6.45, 7) is 4.87. The Balaban J connectivity index is 2.27. The number of aliphatic hydroxyl groups excluding tert-OH is 1.